The first-order valence-electron chi connectivity index (χ1n) is 10.9. The molecule has 4 saturated heterocycles. The van der Waals surface area contributed by atoms with Crippen LogP contribution in [0.2, 0.25) is 0 Å². The Balaban J connectivity index is 1.38. The van der Waals surface area contributed by atoms with Gasteiger partial charge in [0.05, 0.1) is 0 Å². The second-order valence-electron chi connectivity index (χ2n) is 8.61. The summed E-state index contributed by atoms with van der Waals surface area (Å²) in [5.74, 6) is 2.43. The van der Waals surface area contributed by atoms with Gasteiger partial charge in [-0.25, -0.2) is 0 Å². The van der Waals surface area contributed by atoms with E-state index in [9.17, 15) is 0 Å². The maximum absolute atomic E-state index is 2.70. The van der Waals surface area contributed by atoms with Crippen LogP contribution in [0.15, 0.2) is 54.6 Å². The van der Waals surface area contributed by atoms with Crippen LogP contribution >= 0.6 is 0 Å². The summed E-state index contributed by atoms with van der Waals surface area (Å²) in [6, 6.07) is 21.2. The molecular weight excluding hydrogens is 328 g/mol. The van der Waals surface area contributed by atoms with Crippen LogP contribution in [0, 0.1) is 11.8 Å². The van der Waals surface area contributed by atoms with Crippen LogP contribution in [-0.4, -0.2) is 36.0 Å². The quantitative estimate of drug-likeness (QED) is 0.753. The summed E-state index contributed by atoms with van der Waals surface area (Å²) in [5.41, 5.74) is 4.41. The van der Waals surface area contributed by atoms with Crippen LogP contribution < -0.4 is 0 Å². The van der Waals surface area contributed by atoms with E-state index in [1.165, 1.54) is 75.0 Å². The highest BCUT2D eigenvalue weighted by Gasteiger charge is 2.43. The first-order valence-corrected chi connectivity index (χ1v) is 10.9. The van der Waals surface area contributed by atoms with Crippen LogP contribution in [-0.2, 0) is 6.54 Å². The third kappa shape index (κ3) is 3.58. The Kier molecular flexibility index (Phi) is 5.02. The second-order valence-corrected chi connectivity index (χ2v) is 8.61. The minimum absolute atomic E-state index is 0.478. The molecule has 0 N–H and O–H groups in total. The van der Waals surface area contributed by atoms with Crippen molar-refractivity contribution in [2.75, 3.05) is 26.2 Å². The largest absolute Gasteiger partial charge is 0.299 e. The molecule has 0 aliphatic carbocycles. The number of fused-ring (bicyclic) bond motifs is 3. The predicted molar refractivity (Wildman–Crippen MR) is 111 cm³/mol. The summed E-state index contributed by atoms with van der Waals surface area (Å²) >= 11 is 0. The topological polar surface area (TPSA) is 6.48 Å². The van der Waals surface area contributed by atoms with Gasteiger partial charge in [-0.3, -0.25) is 9.80 Å². The van der Waals surface area contributed by atoms with E-state index in [4.69, 9.17) is 0 Å². The van der Waals surface area contributed by atoms with Crippen molar-refractivity contribution in [1.82, 2.24) is 9.80 Å². The van der Waals surface area contributed by atoms with Crippen molar-refractivity contribution in [2.24, 2.45) is 5.92 Å². The van der Waals surface area contributed by atoms with Gasteiger partial charge in [-0.05, 0) is 74.5 Å². The summed E-state index contributed by atoms with van der Waals surface area (Å²) in [6.07, 6.45) is 6.80. The highest BCUT2D eigenvalue weighted by molar-refractivity contribution is 5.43. The van der Waals surface area contributed by atoms with Crippen molar-refractivity contribution in [3.05, 3.63) is 77.2 Å². The zero-order valence-electron chi connectivity index (χ0n) is 16.3. The predicted octanol–water partition coefficient (Wildman–Crippen LogP) is 5.06. The molecule has 2 bridgehead atoms. The Morgan fingerprint density at radius 1 is 0.741 bits per heavy atom. The Bertz CT molecular complexity index is 725. The van der Waals surface area contributed by atoms with Crippen LogP contribution in [0.1, 0.15) is 54.8 Å². The van der Waals surface area contributed by atoms with Crippen molar-refractivity contribution in [2.45, 2.75) is 44.7 Å². The van der Waals surface area contributed by atoms with E-state index in [0.29, 0.717) is 6.04 Å². The van der Waals surface area contributed by atoms with E-state index in [-0.39, 0.29) is 0 Å². The summed E-state index contributed by atoms with van der Waals surface area (Å²) in [5, 5.41) is 0. The molecule has 27 heavy (non-hydrogen) atoms. The highest BCUT2D eigenvalue weighted by Crippen LogP contribution is 2.49. The van der Waals surface area contributed by atoms with Crippen molar-refractivity contribution < 1.29 is 0 Å². The molecular formula is C25H31N2. The molecule has 0 saturated carbocycles. The fourth-order valence-electron chi connectivity index (χ4n) is 5.49. The molecule has 0 aromatic heterocycles. The molecule has 4 aliphatic rings. The number of likely N-dealkylation sites (tertiary alicyclic amines) is 1. The van der Waals surface area contributed by atoms with Gasteiger partial charge in [0.25, 0.3) is 0 Å². The summed E-state index contributed by atoms with van der Waals surface area (Å²) in [4.78, 5) is 5.32. The lowest BCUT2D eigenvalue weighted by molar-refractivity contribution is 0.0795. The van der Waals surface area contributed by atoms with E-state index in [1.54, 1.807) is 5.92 Å². The molecule has 4 heterocycles. The lowest BCUT2D eigenvalue weighted by atomic mass is 9.68. The molecule has 1 atom stereocenters. The Hall–Kier alpha value is -1.64. The van der Waals surface area contributed by atoms with Gasteiger partial charge in [-0.15, -0.1) is 0 Å². The molecule has 2 nitrogen and oxygen atoms in total. The molecule has 4 fully saturated rings. The lowest BCUT2D eigenvalue weighted by Crippen LogP contribution is -2.48. The normalized spacial score (nSPS) is 29.1. The Morgan fingerprint density at radius 3 is 2.15 bits per heavy atom. The van der Waals surface area contributed by atoms with Crippen molar-refractivity contribution in [3.63, 3.8) is 0 Å². The number of nitrogens with zero attached hydrogens (tertiary/aromatic N) is 2. The summed E-state index contributed by atoms with van der Waals surface area (Å²) in [7, 11) is 0. The first kappa shape index (κ1) is 17.5. The molecule has 0 spiro atoms. The molecule has 2 aromatic rings. The van der Waals surface area contributed by atoms with E-state index in [1.807, 2.05) is 0 Å². The maximum Gasteiger partial charge on any atom is 0.0456 e. The molecule has 6 rings (SSSR count). The third-order valence-corrected chi connectivity index (χ3v) is 6.89. The third-order valence-electron chi connectivity index (χ3n) is 6.89. The minimum atomic E-state index is 0.478. The second kappa shape index (κ2) is 7.77. The van der Waals surface area contributed by atoms with E-state index in [2.05, 4.69) is 64.4 Å². The molecule has 2 heteroatoms. The van der Waals surface area contributed by atoms with Crippen molar-refractivity contribution in [1.29, 1.82) is 0 Å². The smallest absolute Gasteiger partial charge is 0.0456 e. The molecule has 0 amide bonds. The molecule has 1 unspecified atom stereocenters. The van der Waals surface area contributed by atoms with E-state index in [0.717, 1.165) is 12.5 Å². The first-order chi connectivity index (χ1) is 13.4. The highest BCUT2D eigenvalue weighted by atomic mass is 15.2. The fraction of sp³-hybridized carbons (Fsp3) is 0.480. The fourth-order valence-corrected chi connectivity index (χ4v) is 5.49. The number of piperidine rings is 4. The molecule has 141 valence electrons. The van der Waals surface area contributed by atoms with E-state index >= 15 is 0 Å². The average Bonchev–Trinajstić information content (AvgIpc) is 2.76. The Morgan fingerprint density at radius 2 is 1.44 bits per heavy atom. The van der Waals surface area contributed by atoms with Gasteiger partial charge >= 0.3 is 0 Å². The van der Waals surface area contributed by atoms with Crippen molar-refractivity contribution >= 4 is 0 Å². The number of hydrogen-bond donors (Lipinski definition) is 0. The van der Waals surface area contributed by atoms with Crippen LogP contribution in [0.3, 0.4) is 0 Å². The van der Waals surface area contributed by atoms with Gasteiger partial charge in [0.15, 0.2) is 0 Å². The summed E-state index contributed by atoms with van der Waals surface area (Å²) in [6.45, 7) is 6.16. The minimum Gasteiger partial charge on any atom is -0.299 e. The standard InChI is InChI=1S/C25H31N2/c1-3-7-23(8-4-1)25-24(22-13-17-27(25)18-14-22)21-11-9-20(10-12-21)19-26-15-5-2-6-16-26/h1,3-4,7-12,22,25H,2,5-6,13-19H2. The molecule has 2 aromatic carbocycles. The van der Waals surface area contributed by atoms with Gasteiger partial charge in [0.1, 0.15) is 0 Å². The summed E-state index contributed by atoms with van der Waals surface area (Å²) < 4.78 is 0. The van der Waals surface area contributed by atoms with Gasteiger partial charge in [0, 0.05) is 18.5 Å². The zero-order chi connectivity index (χ0) is 18.1. The average molecular weight is 360 g/mol. The van der Waals surface area contributed by atoms with Crippen LogP contribution in [0.4, 0.5) is 0 Å². The number of hydrogen-bond acceptors (Lipinski definition) is 2. The molecule has 1 radical (unpaired) electrons. The van der Waals surface area contributed by atoms with Gasteiger partial charge < -0.3 is 0 Å². The van der Waals surface area contributed by atoms with E-state index < -0.39 is 0 Å². The van der Waals surface area contributed by atoms with Gasteiger partial charge in [0.2, 0.25) is 0 Å². The van der Waals surface area contributed by atoms with Crippen molar-refractivity contribution in [3.8, 4) is 0 Å². The Labute approximate surface area is 164 Å². The van der Waals surface area contributed by atoms with Gasteiger partial charge in [-0.2, -0.15) is 0 Å². The SMILES string of the molecule is c1ccc(C2[C](c3ccc(CN4CCCCC4)cc3)C3CCN2CC3)cc1. The van der Waals surface area contributed by atoms with Gasteiger partial charge in [-0.1, -0.05) is 61.0 Å². The maximum atomic E-state index is 2.70. The van der Waals surface area contributed by atoms with Crippen LogP contribution in [0.5, 0.6) is 0 Å². The van der Waals surface area contributed by atoms with Crippen LogP contribution in [0.25, 0.3) is 0 Å². The molecule has 4 aliphatic heterocycles. The lowest BCUT2D eigenvalue weighted by Gasteiger charge is -2.51. The zero-order valence-corrected chi connectivity index (χ0v) is 16.3. The monoisotopic (exact) mass is 359 g/mol. The number of rotatable bonds is 4. The number of benzene rings is 2.